The van der Waals surface area contributed by atoms with Crippen molar-refractivity contribution in [2.24, 2.45) is 0 Å². The standard InChI is InChI=1S/C18H23N3O/c1-2-18(22-11-1)14-20-9-5-17(6-10-20)21-12-16(13-21)15-3-7-19-8-4-15/h1-4,7-8,11,16-17H,5-6,9-10,12-14H2. The van der Waals surface area contributed by atoms with Crippen LogP contribution in [0, 0.1) is 0 Å². The smallest absolute Gasteiger partial charge is 0.117 e. The fourth-order valence-corrected chi connectivity index (χ4v) is 3.72. The topological polar surface area (TPSA) is 32.5 Å². The van der Waals surface area contributed by atoms with Gasteiger partial charge in [0.2, 0.25) is 0 Å². The Hall–Kier alpha value is -1.65. The van der Waals surface area contributed by atoms with E-state index in [4.69, 9.17) is 4.42 Å². The van der Waals surface area contributed by atoms with E-state index in [0.29, 0.717) is 5.92 Å². The first-order valence-electron chi connectivity index (χ1n) is 8.27. The number of piperidine rings is 1. The first-order chi connectivity index (χ1) is 10.9. The Labute approximate surface area is 131 Å². The number of nitrogens with zero attached hydrogens (tertiary/aromatic N) is 3. The first kappa shape index (κ1) is 14.0. The maximum atomic E-state index is 5.45. The SMILES string of the molecule is c1coc(CN2CCC(N3CC(c4ccncc4)C3)CC2)c1. The fourth-order valence-electron chi connectivity index (χ4n) is 3.72. The summed E-state index contributed by atoms with van der Waals surface area (Å²) in [6, 6.07) is 9.13. The van der Waals surface area contributed by atoms with Crippen molar-refractivity contribution in [1.29, 1.82) is 0 Å². The van der Waals surface area contributed by atoms with Crippen LogP contribution in [0.5, 0.6) is 0 Å². The van der Waals surface area contributed by atoms with Gasteiger partial charge in [0.1, 0.15) is 5.76 Å². The van der Waals surface area contributed by atoms with Gasteiger partial charge in [0.25, 0.3) is 0 Å². The van der Waals surface area contributed by atoms with Crippen molar-refractivity contribution in [1.82, 2.24) is 14.8 Å². The molecule has 0 amide bonds. The molecular formula is C18H23N3O. The van der Waals surface area contributed by atoms with E-state index in [2.05, 4.69) is 33.0 Å². The fraction of sp³-hybridized carbons (Fsp3) is 0.500. The monoisotopic (exact) mass is 297 g/mol. The Balaban J connectivity index is 1.24. The average molecular weight is 297 g/mol. The lowest BCUT2D eigenvalue weighted by Gasteiger charge is -2.47. The predicted molar refractivity (Wildman–Crippen MR) is 85.6 cm³/mol. The third-order valence-electron chi connectivity index (χ3n) is 5.12. The van der Waals surface area contributed by atoms with Gasteiger partial charge in [-0.2, -0.15) is 0 Å². The summed E-state index contributed by atoms with van der Waals surface area (Å²) in [6.07, 6.45) is 8.14. The van der Waals surface area contributed by atoms with E-state index in [1.165, 1.54) is 44.6 Å². The molecule has 0 spiro atoms. The van der Waals surface area contributed by atoms with Crippen LogP contribution in [0.25, 0.3) is 0 Å². The number of hydrogen-bond donors (Lipinski definition) is 0. The molecule has 0 unspecified atom stereocenters. The van der Waals surface area contributed by atoms with E-state index in [9.17, 15) is 0 Å². The van der Waals surface area contributed by atoms with Gasteiger partial charge in [-0.05, 0) is 42.7 Å². The highest BCUT2D eigenvalue weighted by Gasteiger charge is 2.34. The van der Waals surface area contributed by atoms with Gasteiger partial charge in [0, 0.05) is 50.5 Å². The molecule has 2 fully saturated rings. The minimum atomic E-state index is 0.712. The maximum absolute atomic E-state index is 5.45. The van der Waals surface area contributed by atoms with Crippen LogP contribution >= 0.6 is 0 Å². The highest BCUT2D eigenvalue weighted by Crippen LogP contribution is 2.31. The van der Waals surface area contributed by atoms with Crippen molar-refractivity contribution in [3.63, 3.8) is 0 Å². The Morgan fingerprint density at radius 1 is 1.09 bits per heavy atom. The van der Waals surface area contributed by atoms with Gasteiger partial charge < -0.3 is 4.42 Å². The summed E-state index contributed by atoms with van der Waals surface area (Å²) in [7, 11) is 0. The summed E-state index contributed by atoms with van der Waals surface area (Å²) >= 11 is 0. The minimum absolute atomic E-state index is 0.712. The zero-order valence-electron chi connectivity index (χ0n) is 12.9. The van der Waals surface area contributed by atoms with Gasteiger partial charge in [0.05, 0.1) is 12.8 Å². The molecule has 22 heavy (non-hydrogen) atoms. The van der Waals surface area contributed by atoms with Crippen molar-refractivity contribution >= 4 is 0 Å². The van der Waals surface area contributed by atoms with Gasteiger partial charge in [0.15, 0.2) is 0 Å². The lowest BCUT2D eigenvalue weighted by Crippen LogP contribution is -2.54. The van der Waals surface area contributed by atoms with E-state index in [1.807, 2.05) is 18.5 Å². The lowest BCUT2D eigenvalue weighted by atomic mass is 9.88. The van der Waals surface area contributed by atoms with Crippen LogP contribution in [0.3, 0.4) is 0 Å². The third kappa shape index (κ3) is 2.94. The summed E-state index contributed by atoms with van der Waals surface area (Å²) in [4.78, 5) is 9.28. The minimum Gasteiger partial charge on any atom is -0.468 e. The van der Waals surface area contributed by atoms with Gasteiger partial charge in [-0.3, -0.25) is 14.8 Å². The van der Waals surface area contributed by atoms with Crippen LogP contribution in [-0.4, -0.2) is 47.0 Å². The molecular weight excluding hydrogens is 274 g/mol. The van der Waals surface area contributed by atoms with Crippen LogP contribution in [-0.2, 0) is 6.54 Å². The van der Waals surface area contributed by atoms with Gasteiger partial charge in [-0.25, -0.2) is 0 Å². The van der Waals surface area contributed by atoms with E-state index >= 15 is 0 Å². The summed E-state index contributed by atoms with van der Waals surface area (Å²) < 4.78 is 5.45. The van der Waals surface area contributed by atoms with Crippen LogP contribution in [0.2, 0.25) is 0 Å². The average Bonchev–Trinajstić information content (AvgIpc) is 3.02. The molecule has 4 rings (SSSR count). The molecule has 2 aliphatic heterocycles. The van der Waals surface area contributed by atoms with Gasteiger partial charge in [-0.15, -0.1) is 0 Å². The predicted octanol–water partition coefficient (Wildman–Crippen LogP) is 2.74. The normalized spacial score (nSPS) is 21.8. The second-order valence-electron chi connectivity index (χ2n) is 6.52. The lowest BCUT2D eigenvalue weighted by molar-refractivity contribution is 0.0433. The Morgan fingerprint density at radius 2 is 1.86 bits per heavy atom. The van der Waals surface area contributed by atoms with Crippen LogP contribution < -0.4 is 0 Å². The molecule has 4 heterocycles. The molecule has 4 heteroatoms. The molecule has 4 nitrogen and oxygen atoms in total. The van der Waals surface area contributed by atoms with Crippen molar-refractivity contribution in [2.75, 3.05) is 26.2 Å². The number of pyridine rings is 1. The highest BCUT2D eigenvalue weighted by molar-refractivity contribution is 5.20. The summed E-state index contributed by atoms with van der Waals surface area (Å²) in [6.45, 7) is 5.75. The van der Waals surface area contributed by atoms with Gasteiger partial charge in [-0.1, -0.05) is 0 Å². The van der Waals surface area contributed by atoms with E-state index < -0.39 is 0 Å². The number of hydrogen-bond acceptors (Lipinski definition) is 4. The second kappa shape index (κ2) is 6.23. The summed E-state index contributed by atoms with van der Waals surface area (Å²) in [5.74, 6) is 1.80. The molecule has 0 bridgehead atoms. The zero-order chi connectivity index (χ0) is 14.8. The summed E-state index contributed by atoms with van der Waals surface area (Å²) in [5.41, 5.74) is 1.45. The Kier molecular flexibility index (Phi) is 3.95. The Bertz CT molecular complexity index is 570. The van der Waals surface area contributed by atoms with Crippen molar-refractivity contribution < 1.29 is 4.42 Å². The molecule has 0 atom stereocenters. The Morgan fingerprint density at radius 3 is 2.55 bits per heavy atom. The maximum Gasteiger partial charge on any atom is 0.117 e. The zero-order valence-corrected chi connectivity index (χ0v) is 12.9. The first-order valence-corrected chi connectivity index (χ1v) is 8.27. The molecule has 0 aromatic carbocycles. The highest BCUT2D eigenvalue weighted by atomic mass is 16.3. The number of aromatic nitrogens is 1. The molecule has 0 aliphatic carbocycles. The third-order valence-corrected chi connectivity index (χ3v) is 5.12. The van der Waals surface area contributed by atoms with Crippen molar-refractivity contribution in [3.8, 4) is 0 Å². The molecule has 0 saturated carbocycles. The van der Waals surface area contributed by atoms with Crippen LogP contribution in [0.1, 0.15) is 30.1 Å². The number of rotatable bonds is 4. The molecule has 2 saturated heterocycles. The molecule has 2 aromatic rings. The molecule has 116 valence electrons. The van der Waals surface area contributed by atoms with E-state index in [1.54, 1.807) is 6.26 Å². The molecule has 2 aliphatic rings. The van der Waals surface area contributed by atoms with Crippen LogP contribution in [0.4, 0.5) is 0 Å². The van der Waals surface area contributed by atoms with E-state index in [0.717, 1.165) is 18.3 Å². The molecule has 0 N–H and O–H groups in total. The van der Waals surface area contributed by atoms with E-state index in [-0.39, 0.29) is 0 Å². The van der Waals surface area contributed by atoms with Crippen LogP contribution in [0.15, 0.2) is 47.3 Å². The number of likely N-dealkylation sites (tertiary alicyclic amines) is 2. The van der Waals surface area contributed by atoms with Crippen molar-refractivity contribution in [2.45, 2.75) is 31.3 Å². The van der Waals surface area contributed by atoms with Gasteiger partial charge >= 0.3 is 0 Å². The molecule has 2 aromatic heterocycles. The summed E-state index contributed by atoms with van der Waals surface area (Å²) in [5, 5.41) is 0. The quantitative estimate of drug-likeness (QED) is 0.868. The second-order valence-corrected chi connectivity index (χ2v) is 6.52. The van der Waals surface area contributed by atoms with Crippen molar-refractivity contribution in [3.05, 3.63) is 54.2 Å². The largest absolute Gasteiger partial charge is 0.468 e. The molecule has 0 radical (unpaired) electrons. The number of furan rings is 1.